The van der Waals surface area contributed by atoms with Crippen LogP contribution in [0.25, 0.3) is 0 Å². The molecule has 0 amide bonds. The van der Waals surface area contributed by atoms with Crippen molar-refractivity contribution in [1.29, 1.82) is 0 Å². The number of hydrogen-bond acceptors (Lipinski definition) is 2. The summed E-state index contributed by atoms with van der Waals surface area (Å²) in [6.45, 7) is 0. The third kappa shape index (κ3) is 1.72. The van der Waals surface area contributed by atoms with Gasteiger partial charge in [-0.05, 0) is 38.0 Å². The monoisotopic (exact) mass is 210 g/mol. The Morgan fingerprint density at radius 3 is 2.73 bits per heavy atom. The largest absolute Gasteiger partial charge is 0.365 e. The molecule has 3 fully saturated rings. The highest BCUT2D eigenvalue weighted by atomic mass is 16.6. The Balaban J connectivity index is 1.76. The predicted molar refractivity (Wildman–Crippen MR) is 58.4 cm³/mol. The number of fused-ring (bicyclic) bond motifs is 2. The van der Waals surface area contributed by atoms with E-state index in [0.29, 0.717) is 12.0 Å². The molecule has 4 unspecified atom stereocenters. The van der Waals surface area contributed by atoms with Crippen molar-refractivity contribution < 1.29 is 9.84 Å². The van der Waals surface area contributed by atoms with Gasteiger partial charge in [0.15, 0.2) is 5.79 Å². The van der Waals surface area contributed by atoms with Crippen LogP contribution in [0.1, 0.15) is 57.8 Å². The van der Waals surface area contributed by atoms with E-state index >= 15 is 0 Å². The Kier molecular flexibility index (Phi) is 2.52. The summed E-state index contributed by atoms with van der Waals surface area (Å²) >= 11 is 0. The van der Waals surface area contributed by atoms with Gasteiger partial charge in [-0.2, -0.15) is 0 Å². The highest BCUT2D eigenvalue weighted by molar-refractivity contribution is 4.92. The normalized spacial score (nSPS) is 50.6. The number of hydrogen-bond donors (Lipinski definition) is 1. The molecule has 0 aromatic heterocycles. The van der Waals surface area contributed by atoms with Gasteiger partial charge in [-0.1, -0.05) is 19.3 Å². The van der Waals surface area contributed by atoms with Gasteiger partial charge in [-0.15, -0.1) is 0 Å². The Morgan fingerprint density at radius 2 is 1.80 bits per heavy atom. The molecule has 2 aliphatic carbocycles. The van der Waals surface area contributed by atoms with Crippen molar-refractivity contribution >= 4 is 0 Å². The van der Waals surface area contributed by atoms with E-state index in [1.54, 1.807) is 0 Å². The van der Waals surface area contributed by atoms with Crippen LogP contribution in [-0.2, 0) is 4.74 Å². The number of rotatable bonds is 0. The molecule has 1 saturated heterocycles. The fourth-order valence-electron chi connectivity index (χ4n) is 3.88. The molecule has 0 aromatic rings. The first-order valence-electron chi connectivity index (χ1n) is 6.68. The summed E-state index contributed by atoms with van der Waals surface area (Å²) in [6, 6.07) is 0. The molecular formula is C13H22O2. The predicted octanol–water partition coefficient (Wildman–Crippen LogP) is 2.84. The van der Waals surface area contributed by atoms with Crippen molar-refractivity contribution in [2.75, 3.05) is 0 Å². The highest BCUT2D eigenvalue weighted by Crippen LogP contribution is 2.48. The average molecular weight is 210 g/mol. The fourth-order valence-corrected chi connectivity index (χ4v) is 3.88. The van der Waals surface area contributed by atoms with E-state index in [4.69, 9.17) is 4.74 Å². The van der Waals surface area contributed by atoms with Gasteiger partial charge in [0, 0.05) is 12.3 Å². The smallest absolute Gasteiger partial charge is 0.168 e. The maximum absolute atomic E-state index is 10.5. The molecule has 1 aliphatic heterocycles. The van der Waals surface area contributed by atoms with E-state index in [0.717, 1.165) is 18.8 Å². The summed E-state index contributed by atoms with van der Waals surface area (Å²) in [4.78, 5) is 0. The molecule has 1 heterocycles. The lowest BCUT2D eigenvalue weighted by atomic mass is 9.70. The van der Waals surface area contributed by atoms with E-state index in [-0.39, 0.29) is 0 Å². The van der Waals surface area contributed by atoms with Crippen LogP contribution in [0, 0.1) is 11.8 Å². The minimum atomic E-state index is -0.739. The van der Waals surface area contributed by atoms with Crippen LogP contribution in [0.2, 0.25) is 0 Å². The minimum Gasteiger partial charge on any atom is -0.365 e. The molecule has 3 rings (SSSR count). The molecule has 0 radical (unpaired) electrons. The zero-order valence-corrected chi connectivity index (χ0v) is 9.45. The quantitative estimate of drug-likeness (QED) is 0.666. The number of aliphatic hydroxyl groups is 1. The second kappa shape index (κ2) is 3.74. The van der Waals surface area contributed by atoms with Crippen molar-refractivity contribution in [3.05, 3.63) is 0 Å². The van der Waals surface area contributed by atoms with E-state index in [1.807, 2.05) is 0 Å². The van der Waals surface area contributed by atoms with Gasteiger partial charge < -0.3 is 9.84 Å². The summed E-state index contributed by atoms with van der Waals surface area (Å²) < 4.78 is 6.04. The highest BCUT2D eigenvalue weighted by Gasteiger charge is 2.48. The molecule has 4 atom stereocenters. The van der Waals surface area contributed by atoms with E-state index in [9.17, 15) is 5.11 Å². The lowest BCUT2D eigenvalue weighted by Gasteiger charge is -2.50. The summed E-state index contributed by atoms with van der Waals surface area (Å²) in [6.07, 6.45) is 11.3. The Morgan fingerprint density at radius 1 is 1.00 bits per heavy atom. The van der Waals surface area contributed by atoms with Crippen LogP contribution >= 0.6 is 0 Å². The van der Waals surface area contributed by atoms with Crippen LogP contribution in [0.15, 0.2) is 0 Å². The summed E-state index contributed by atoms with van der Waals surface area (Å²) in [7, 11) is 0. The summed E-state index contributed by atoms with van der Waals surface area (Å²) in [5.41, 5.74) is 0. The molecule has 86 valence electrons. The molecule has 0 spiro atoms. The Hall–Kier alpha value is -0.0800. The zero-order chi connectivity index (χ0) is 10.3. The van der Waals surface area contributed by atoms with Gasteiger partial charge in [0.25, 0.3) is 0 Å². The van der Waals surface area contributed by atoms with Crippen molar-refractivity contribution in [1.82, 2.24) is 0 Å². The first-order chi connectivity index (χ1) is 7.28. The van der Waals surface area contributed by atoms with Crippen molar-refractivity contribution in [2.24, 2.45) is 11.8 Å². The Bertz CT molecular complexity index is 241. The SMILES string of the molecule is OC12CCCCC1CC1CCCCC1O2. The van der Waals surface area contributed by atoms with E-state index in [1.165, 1.54) is 44.9 Å². The topological polar surface area (TPSA) is 29.5 Å². The molecule has 2 heteroatoms. The molecular weight excluding hydrogens is 188 g/mol. The minimum absolute atomic E-state index is 0.373. The van der Waals surface area contributed by atoms with Crippen molar-refractivity contribution in [3.8, 4) is 0 Å². The summed E-state index contributed by atoms with van der Waals surface area (Å²) in [5, 5.41) is 10.5. The third-order valence-electron chi connectivity index (χ3n) is 4.76. The van der Waals surface area contributed by atoms with E-state index in [2.05, 4.69) is 0 Å². The van der Waals surface area contributed by atoms with Gasteiger partial charge in [-0.25, -0.2) is 0 Å². The summed E-state index contributed by atoms with van der Waals surface area (Å²) in [5.74, 6) is 0.448. The molecule has 2 nitrogen and oxygen atoms in total. The maximum atomic E-state index is 10.5. The van der Waals surface area contributed by atoms with Gasteiger partial charge in [0.2, 0.25) is 0 Å². The van der Waals surface area contributed by atoms with Crippen LogP contribution < -0.4 is 0 Å². The third-order valence-corrected chi connectivity index (χ3v) is 4.76. The average Bonchev–Trinajstić information content (AvgIpc) is 2.25. The van der Waals surface area contributed by atoms with E-state index < -0.39 is 5.79 Å². The first kappa shape index (κ1) is 10.1. The first-order valence-corrected chi connectivity index (χ1v) is 6.68. The van der Waals surface area contributed by atoms with Crippen molar-refractivity contribution in [2.45, 2.75) is 69.7 Å². The molecule has 0 aromatic carbocycles. The van der Waals surface area contributed by atoms with Gasteiger partial charge in [0.1, 0.15) is 0 Å². The molecule has 0 bridgehead atoms. The molecule has 1 N–H and O–H groups in total. The Labute approximate surface area is 92.0 Å². The van der Waals surface area contributed by atoms with Gasteiger partial charge >= 0.3 is 0 Å². The standard InChI is InChI=1S/C13H22O2/c14-13-8-4-3-6-11(13)9-10-5-1-2-7-12(10)15-13/h10-12,14H,1-9H2. The van der Waals surface area contributed by atoms with Crippen LogP contribution in [-0.4, -0.2) is 17.0 Å². The second-order valence-corrected chi connectivity index (χ2v) is 5.72. The molecule has 15 heavy (non-hydrogen) atoms. The fraction of sp³-hybridized carbons (Fsp3) is 1.00. The lowest BCUT2D eigenvalue weighted by Crippen LogP contribution is -2.53. The second-order valence-electron chi connectivity index (χ2n) is 5.72. The number of ether oxygens (including phenoxy) is 1. The van der Waals surface area contributed by atoms with Gasteiger partial charge in [0.05, 0.1) is 6.10 Å². The van der Waals surface area contributed by atoms with Crippen LogP contribution in [0.3, 0.4) is 0 Å². The van der Waals surface area contributed by atoms with Crippen molar-refractivity contribution in [3.63, 3.8) is 0 Å². The zero-order valence-electron chi connectivity index (χ0n) is 9.45. The maximum Gasteiger partial charge on any atom is 0.168 e. The lowest BCUT2D eigenvalue weighted by molar-refractivity contribution is -0.312. The van der Waals surface area contributed by atoms with Crippen LogP contribution in [0.5, 0.6) is 0 Å². The van der Waals surface area contributed by atoms with Gasteiger partial charge in [-0.3, -0.25) is 0 Å². The molecule has 3 aliphatic rings. The molecule has 2 saturated carbocycles. The van der Waals surface area contributed by atoms with Crippen LogP contribution in [0.4, 0.5) is 0 Å².